The highest BCUT2D eigenvalue weighted by Crippen LogP contribution is 2.23. The van der Waals surface area contributed by atoms with Crippen LogP contribution in [0.15, 0.2) is 18.3 Å². The van der Waals surface area contributed by atoms with Gasteiger partial charge < -0.3 is 10.4 Å². The summed E-state index contributed by atoms with van der Waals surface area (Å²) in [5.74, 6) is 0.393. The molecule has 0 amide bonds. The van der Waals surface area contributed by atoms with Crippen LogP contribution in [0.4, 0.5) is 0 Å². The second-order valence-electron chi connectivity index (χ2n) is 5.49. The van der Waals surface area contributed by atoms with Crippen molar-refractivity contribution in [1.29, 1.82) is 0 Å². The van der Waals surface area contributed by atoms with Crippen LogP contribution in [0.2, 0.25) is 0 Å². The van der Waals surface area contributed by atoms with Gasteiger partial charge in [-0.25, -0.2) is 0 Å². The molecule has 0 saturated heterocycles. The lowest BCUT2D eigenvalue weighted by Crippen LogP contribution is -2.18. The lowest BCUT2D eigenvalue weighted by Gasteiger charge is -2.15. The molecule has 4 heteroatoms. The van der Waals surface area contributed by atoms with E-state index in [4.69, 9.17) is 0 Å². The topological polar surface area (TPSA) is 50.1 Å². The quantitative estimate of drug-likeness (QED) is 0.900. The number of nitrogens with one attached hydrogen (secondary N) is 1. The van der Waals surface area contributed by atoms with Crippen LogP contribution in [-0.2, 0) is 13.6 Å². The number of hydrogen-bond acceptors (Lipinski definition) is 3. The van der Waals surface area contributed by atoms with E-state index < -0.39 is 0 Å². The molecule has 0 fully saturated rings. The summed E-state index contributed by atoms with van der Waals surface area (Å²) in [6.45, 7) is 8.86. The molecule has 0 radical (unpaired) electrons. The van der Waals surface area contributed by atoms with Gasteiger partial charge in [-0.2, -0.15) is 5.10 Å². The van der Waals surface area contributed by atoms with Gasteiger partial charge in [0.1, 0.15) is 5.75 Å². The molecule has 2 rings (SSSR count). The van der Waals surface area contributed by atoms with Crippen molar-refractivity contribution in [3.05, 3.63) is 46.3 Å². The molecule has 108 valence electrons. The van der Waals surface area contributed by atoms with E-state index in [2.05, 4.69) is 24.3 Å². The summed E-state index contributed by atoms with van der Waals surface area (Å²) >= 11 is 0. The molecule has 20 heavy (non-hydrogen) atoms. The minimum absolute atomic E-state index is 0.248. The highest BCUT2D eigenvalue weighted by Gasteiger charge is 2.12. The Morgan fingerprint density at radius 1 is 1.25 bits per heavy atom. The van der Waals surface area contributed by atoms with Crippen LogP contribution < -0.4 is 5.32 Å². The zero-order chi connectivity index (χ0) is 14.9. The van der Waals surface area contributed by atoms with Gasteiger partial charge in [0.05, 0.1) is 6.20 Å². The molecule has 0 aliphatic rings. The van der Waals surface area contributed by atoms with Crippen LogP contribution in [0.3, 0.4) is 0 Å². The van der Waals surface area contributed by atoms with Gasteiger partial charge in [-0.15, -0.1) is 0 Å². The third-order valence-electron chi connectivity index (χ3n) is 3.90. The predicted octanol–water partition coefficient (Wildman–Crippen LogP) is 2.90. The second kappa shape index (κ2) is 5.67. The van der Waals surface area contributed by atoms with Gasteiger partial charge in [-0.1, -0.05) is 12.1 Å². The van der Waals surface area contributed by atoms with Gasteiger partial charge in [-0.3, -0.25) is 4.68 Å². The first-order chi connectivity index (χ1) is 9.40. The summed E-state index contributed by atoms with van der Waals surface area (Å²) < 4.78 is 1.89. The minimum Gasteiger partial charge on any atom is -0.507 e. The molecule has 0 saturated carbocycles. The molecule has 1 aromatic heterocycles. The summed E-state index contributed by atoms with van der Waals surface area (Å²) in [7, 11) is 1.96. The second-order valence-corrected chi connectivity index (χ2v) is 5.49. The molecule has 1 heterocycles. The molecule has 2 aromatic rings. The number of aromatic nitrogens is 2. The molecule has 1 atom stereocenters. The van der Waals surface area contributed by atoms with E-state index in [1.54, 1.807) is 0 Å². The van der Waals surface area contributed by atoms with Crippen molar-refractivity contribution in [2.45, 2.75) is 40.3 Å². The average molecular weight is 273 g/mol. The van der Waals surface area contributed by atoms with Crippen molar-refractivity contribution >= 4 is 0 Å². The first-order valence-electron chi connectivity index (χ1n) is 6.91. The molecule has 0 spiro atoms. The van der Waals surface area contributed by atoms with Gasteiger partial charge in [0, 0.05) is 30.9 Å². The van der Waals surface area contributed by atoms with Crippen LogP contribution in [0.25, 0.3) is 0 Å². The van der Waals surface area contributed by atoms with Gasteiger partial charge in [0.2, 0.25) is 0 Å². The van der Waals surface area contributed by atoms with Crippen LogP contribution in [0.1, 0.15) is 40.9 Å². The fourth-order valence-electron chi connectivity index (χ4n) is 2.47. The predicted molar refractivity (Wildman–Crippen MR) is 80.8 cm³/mol. The number of rotatable bonds is 4. The van der Waals surface area contributed by atoms with Crippen molar-refractivity contribution in [1.82, 2.24) is 15.1 Å². The van der Waals surface area contributed by atoms with Gasteiger partial charge in [0.25, 0.3) is 0 Å². The fraction of sp³-hybridized carbons (Fsp3) is 0.438. The zero-order valence-corrected chi connectivity index (χ0v) is 12.9. The lowest BCUT2D eigenvalue weighted by molar-refractivity contribution is 0.466. The molecule has 0 aliphatic carbocycles. The maximum atomic E-state index is 9.79. The molecule has 0 aliphatic heterocycles. The van der Waals surface area contributed by atoms with E-state index in [1.807, 2.05) is 43.9 Å². The third-order valence-corrected chi connectivity index (χ3v) is 3.90. The van der Waals surface area contributed by atoms with E-state index in [-0.39, 0.29) is 6.04 Å². The normalized spacial score (nSPS) is 12.7. The van der Waals surface area contributed by atoms with Crippen molar-refractivity contribution in [3.8, 4) is 5.75 Å². The Bertz CT molecular complexity index is 593. The largest absolute Gasteiger partial charge is 0.507 e. The van der Waals surface area contributed by atoms with Gasteiger partial charge in [-0.05, 0) is 44.4 Å². The van der Waals surface area contributed by atoms with E-state index in [0.29, 0.717) is 5.75 Å². The Balaban J connectivity index is 2.07. The SMILES string of the molecule is Cc1cc(CNC(C)c2cnn(C)c2C)cc(C)c1O. The molecular formula is C16H23N3O. The third kappa shape index (κ3) is 2.85. The van der Waals surface area contributed by atoms with Crippen LogP contribution in [0.5, 0.6) is 5.75 Å². The number of aryl methyl sites for hydroxylation is 3. The summed E-state index contributed by atoms with van der Waals surface area (Å²) in [6, 6.07) is 4.30. The number of phenolic OH excluding ortho intramolecular Hbond substituents is 1. The van der Waals surface area contributed by atoms with Gasteiger partial charge >= 0.3 is 0 Å². The molecule has 2 N–H and O–H groups in total. The smallest absolute Gasteiger partial charge is 0.121 e. The van der Waals surface area contributed by atoms with E-state index in [1.165, 1.54) is 16.8 Å². The number of nitrogens with zero attached hydrogens (tertiary/aromatic N) is 2. The molecule has 4 nitrogen and oxygen atoms in total. The molecule has 1 unspecified atom stereocenters. The number of aromatic hydroxyl groups is 1. The fourth-order valence-corrected chi connectivity index (χ4v) is 2.47. The maximum Gasteiger partial charge on any atom is 0.121 e. The maximum absolute atomic E-state index is 9.79. The van der Waals surface area contributed by atoms with Crippen molar-refractivity contribution < 1.29 is 5.11 Å². The van der Waals surface area contributed by atoms with Crippen molar-refractivity contribution in [2.24, 2.45) is 7.05 Å². The molecule has 0 bridgehead atoms. The Morgan fingerprint density at radius 3 is 2.35 bits per heavy atom. The monoisotopic (exact) mass is 273 g/mol. The first-order valence-corrected chi connectivity index (χ1v) is 6.91. The molecule has 1 aromatic carbocycles. The van der Waals surface area contributed by atoms with E-state index >= 15 is 0 Å². The lowest BCUT2D eigenvalue weighted by atomic mass is 10.0. The first kappa shape index (κ1) is 14.6. The molecular weight excluding hydrogens is 250 g/mol. The minimum atomic E-state index is 0.248. The Morgan fingerprint density at radius 2 is 1.85 bits per heavy atom. The standard InChI is InChI=1S/C16H23N3O/c1-10-6-14(7-11(2)16(10)20)8-17-12(3)15-9-18-19(5)13(15)4/h6-7,9,12,17,20H,8H2,1-5H3. The summed E-state index contributed by atoms with van der Waals surface area (Å²) in [4.78, 5) is 0. The number of phenols is 1. The van der Waals surface area contributed by atoms with Crippen LogP contribution in [0, 0.1) is 20.8 Å². The van der Waals surface area contributed by atoms with E-state index in [0.717, 1.165) is 17.7 Å². The van der Waals surface area contributed by atoms with E-state index in [9.17, 15) is 5.11 Å². The number of benzene rings is 1. The Labute approximate surface area is 120 Å². The van der Waals surface area contributed by atoms with Crippen molar-refractivity contribution in [2.75, 3.05) is 0 Å². The highest BCUT2D eigenvalue weighted by atomic mass is 16.3. The summed E-state index contributed by atoms with van der Waals surface area (Å²) in [5.41, 5.74) is 5.44. The number of hydrogen-bond donors (Lipinski definition) is 2. The summed E-state index contributed by atoms with van der Waals surface area (Å²) in [6.07, 6.45) is 1.92. The van der Waals surface area contributed by atoms with Crippen molar-refractivity contribution in [3.63, 3.8) is 0 Å². The average Bonchev–Trinajstić information content (AvgIpc) is 2.73. The summed E-state index contributed by atoms with van der Waals surface area (Å²) in [5, 5.41) is 17.6. The highest BCUT2D eigenvalue weighted by molar-refractivity contribution is 5.42. The zero-order valence-electron chi connectivity index (χ0n) is 12.9. The Kier molecular flexibility index (Phi) is 4.14. The van der Waals surface area contributed by atoms with Crippen LogP contribution in [-0.4, -0.2) is 14.9 Å². The van der Waals surface area contributed by atoms with Crippen LogP contribution >= 0.6 is 0 Å². The Hall–Kier alpha value is -1.81. The van der Waals surface area contributed by atoms with Gasteiger partial charge in [0.15, 0.2) is 0 Å².